The van der Waals surface area contributed by atoms with E-state index in [1.54, 1.807) is 49.6 Å². The van der Waals surface area contributed by atoms with Crippen LogP contribution < -0.4 is 9.47 Å². The molecular formula is C26H31ClN2O5. The average molecular weight is 487 g/mol. The second kappa shape index (κ2) is 11.4. The Balaban J connectivity index is 2.10. The fourth-order valence-electron chi connectivity index (χ4n) is 3.83. The molecule has 1 fully saturated rings. The maximum absolute atomic E-state index is 13.1. The third-order valence-corrected chi connectivity index (χ3v) is 5.96. The number of halogens is 1. The minimum atomic E-state index is -0.769. The molecule has 2 aromatic carbocycles. The average Bonchev–Trinajstić information content (AvgIpc) is 3.07. The molecule has 1 aliphatic rings. The summed E-state index contributed by atoms with van der Waals surface area (Å²) in [5, 5.41) is 11.6. The Hall–Kier alpha value is -3.03. The molecule has 1 unspecified atom stereocenters. The zero-order chi connectivity index (χ0) is 24.8. The molecule has 1 atom stereocenters. The molecule has 0 saturated carbocycles. The highest BCUT2D eigenvalue weighted by Gasteiger charge is 2.46. The van der Waals surface area contributed by atoms with Crippen molar-refractivity contribution in [2.45, 2.75) is 25.8 Å². The van der Waals surface area contributed by atoms with Crippen LogP contribution in [-0.2, 0) is 9.59 Å². The number of benzene rings is 2. The van der Waals surface area contributed by atoms with Gasteiger partial charge in [-0.2, -0.15) is 0 Å². The van der Waals surface area contributed by atoms with Crippen molar-refractivity contribution in [2.75, 3.05) is 40.9 Å². The van der Waals surface area contributed by atoms with E-state index in [0.717, 1.165) is 12.8 Å². The Bertz CT molecular complexity index is 1070. The van der Waals surface area contributed by atoms with Gasteiger partial charge in [-0.1, -0.05) is 31.0 Å². The second-order valence-electron chi connectivity index (χ2n) is 8.41. The van der Waals surface area contributed by atoms with E-state index in [9.17, 15) is 14.7 Å². The van der Waals surface area contributed by atoms with Crippen LogP contribution in [0.5, 0.6) is 11.5 Å². The van der Waals surface area contributed by atoms with Crippen molar-refractivity contribution < 1.29 is 24.2 Å². The summed E-state index contributed by atoms with van der Waals surface area (Å²) in [5.41, 5.74) is 1.09. The summed E-state index contributed by atoms with van der Waals surface area (Å²) in [4.78, 5) is 29.6. The van der Waals surface area contributed by atoms with Crippen LogP contribution in [0.1, 0.15) is 36.9 Å². The number of likely N-dealkylation sites (N-methyl/N-ethyl adjacent to an activating group) is 1. The van der Waals surface area contributed by atoms with Crippen molar-refractivity contribution in [3.8, 4) is 11.5 Å². The van der Waals surface area contributed by atoms with Gasteiger partial charge in [-0.25, -0.2) is 0 Å². The first kappa shape index (κ1) is 25.6. The van der Waals surface area contributed by atoms with Gasteiger partial charge in [-0.05, 0) is 62.5 Å². The molecule has 0 aliphatic carbocycles. The lowest BCUT2D eigenvalue weighted by Gasteiger charge is -2.27. The van der Waals surface area contributed by atoms with Gasteiger partial charge in [0.2, 0.25) is 0 Å². The van der Waals surface area contributed by atoms with E-state index >= 15 is 0 Å². The van der Waals surface area contributed by atoms with Gasteiger partial charge in [0, 0.05) is 23.7 Å². The second-order valence-corrected chi connectivity index (χ2v) is 8.85. The van der Waals surface area contributed by atoms with Crippen molar-refractivity contribution in [1.29, 1.82) is 0 Å². The predicted octanol–water partition coefficient (Wildman–Crippen LogP) is 4.51. The van der Waals surface area contributed by atoms with E-state index in [4.69, 9.17) is 21.1 Å². The van der Waals surface area contributed by atoms with Crippen LogP contribution in [0.2, 0.25) is 5.02 Å². The number of ketones is 1. The molecule has 2 aromatic rings. The first-order chi connectivity index (χ1) is 16.3. The third kappa shape index (κ3) is 5.54. The minimum absolute atomic E-state index is 0.0350. The Labute approximate surface area is 205 Å². The number of hydrogen-bond donors (Lipinski definition) is 1. The molecule has 1 heterocycles. The van der Waals surface area contributed by atoms with Gasteiger partial charge in [0.15, 0.2) is 11.5 Å². The van der Waals surface area contributed by atoms with E-state index in [-0.39, 0.29) is 11.3 Å². The number of aliphatic hydroxyl groups excluding tert-OH is 1. The van der Waals surface area contributed by atoms with E-state index < -0.39 is 17.7 Å². The molecule has 0 aromatic heterocycles. The van der Waals surface area contributed by atoms with Crippen molar-refractivity contribution in [3.05, 3.63) is 64.2 Å². The Morgan fingerprint density at radius 1 is 1.12 bits per heavy atom. The number of hydrogen-bond acceptors (Lipinski definition) is 6. The molecule has 7 nitrogen and oxygen atoms in total. The Morgan fingerprint density at radius 2 is 1.82 bits per heavy atom. The highest BCUT2D eigenvalue weighted by atomic mass is 35.5. The highest BCUT2D eigenvalue weighted by Crippen LogP contribution is 2.42. The SMILES string of the molecule is CCCCOc1ccc(C2C(=C(O)c3ccc(Cl)cc3)C(=O)C(=O)N2CCN(C)C)cc1OC. The highest BCUT2D eigenvalue weighted by molar-refractivity contribution is 6.46. The van der Waals surface area contributed by atoms with Gasteiger partial charge >= 0.3 is 0 Å². The maximum Gasteiger partial charge on any atom is 0.295 e. The number of ether oxygens (including phenoxy) is 2. The van der Waals surface area contributed by atoms with Crippen LogP contribution in [0.4, 0.5) is 0 Å². The van der Waals surface area contributed by atoms with Crippen LogP contribution in [0, 0.1) is 0 Å². The number of Topliss-reactive ketones (excluding diaryl/α,β-unsaturated/α-hetero) is 1. The number of amides is 1. The van der Waals surface area contributed by atoms with Gasteiger partial charge in [0.1, 0.15) is 5.76 Å². The standard InChI is InChI=1S/C26H31ClN2O5/c1-5-6-15-34-20-12-9-18(16-21(20)33-4)23-22(24(30)17-7-10-19(27)11-8-17)25(31)26(32)29(23)14-13-28(2)3/h7-12,16,23,30H,5-6,13-15H2,1-4H3. The van der Waals surface area contributed by atoms with E-state index in [1.807, 2.05) is 19.0 Å². The molecule has 3 rings (SSSR count). The van der Waals surface area contributed by atoms with Crippen LogP contribution in [0.15, 0.2) is 48.0 Å². The molecule has 0 radical (unpaired) electrons. The van der Waals surface area contributed by atoms with Gasteiger partial charge in [0.05, 0.1) is 25.3 Å². The molecular weight excluding hydrogens is 456 g/mol. The van der Waals surface area contributed by atoms with Gasteiger partial charge < -0.3 is 24.4 Å². The summed E-state index contributed by atoms with van der Waals surface area (Å²) in [6.45, 7) is 3.52. The van der Waals surface area contributed by atoms with Crippen molar-refractivity contribution in [1.82, 2.24) is 9.80 Å². The predicted molar refractivity (Wildman–Crippen MR) is 132 cm³/mol. The van der Waals surface area contributed by atoms with Gasteiger partial charge in [0.25, 0.3) is 11.7 Å². The number of carbonyl (C=O) groups is 2. The number of likely N-dealkylation sites (tertiary alicyclic amines) is 1. The molecule has 0 spiro atoms. The van der Waals surface area contributed by atoms with Crippen molar-refractivity contribution in [3.63, 3.8) is 0 Å². The van der Waals surface area contributed by atoms with Crippen molar-refractivity contribution in [2.24, 2.45) is 0 Å². The lowest BCUT2D eigenvalue weighted by Crippen LogP contribution is -2.35. The van der Waals surface area contributed by atoms with E-state index in [0.29, 0.717) is 47.3 Å². The first-order valence-electron chi connectivity index (χ1n) is 11.3. The fraction of sp³-hybridized carbons (Fsp3) is 0.385. The quantitative estimate of drug-likeness (QED) is 0.230. The number of unbranched alkanes of at least 4 members (excludes halogenated alkanes) is 1. The molecule has 1 aliphatic heterocycles. The van der Waals surface area contributed by atoms with E-state index in [1.165, 1.54) is 4.90 Å². The molecule has 1 amide bonds. The number of carbonyl (C=O) groups excluding carboxylic acids is 2. The zero-order valence-corrected chi connectivity index (χ0v) is 20.8. The largest absolute Gasteiger partial charge is 0.507 e. The summed E-state index contributed by atoms with van der Waals surface area (Å²) >= 11 is 5.98. The Kier molecular flexibility index (Phi) is 8.58. The van der Waals surface area contributed by atoms with Gasteiger partial charge in [-0.3, -0.25) is 9.59 Å². The molecule has 0 bridgehead atoms. The summed E-state index contributed by atoms with van der Waals surface area (Å²) in [5.74, 6) is -0.529. The number of rotatable bonds is 10. The van der Waals surface area contributed by atoms with Crippen LogP contribution >= 0.6 is 11.6 Å². The van der Waals surface area contributed by atoms with Gasteiger partial charge in [-0.15, -0.1) is 0 Å². The van der Waals surface area contributed by atoms with E-state index in [2.05, 4.69) is 6.92 Å². The lowest BCUT2D eigenvalue weighted by atomic mass is 9.95. The number of aliphatic hydroxyl groups is 1. The summed E-state index contributed by atoms with van der Waals surface area (Å²) < 4.78 is 11.4. The maximum atomic E-state index is 13.1. The number of methoxy groups -OCH3 is 1. The molecule has 8 heteroatoms. The normalized spacial score (nSPS) is 17.5. The van der Waals surface area contributed by atoms with Crippen LogP contribution in [-0.4, -0.2) is 67.5 Å². The lowest BCUT2D eigenvalue weighted by molar-refractivity contribution is -0.140. The van der Waals surface area contributed by atoms with Crippen LogP contribution in [0.25, 0.3) is 5.76 Å². The first-order valence-corrected chi connectivity index (χ1v) is 11.7. The smallest absolute Gasteiger partial charge is 0.295 e. The topological polar surface area (TPSA) is 79.3 Å². The van der Waals surface area contributed by atoms with Crippen molar-refractivity contribution >= 4 is 29.1 Å². The molecule has 1 N–H and O–H groups in total. The minimum Gasteiger partial charge on any atom is -0.507 e. The zero-order valence-electron chi connectivity index (χ0n) is 20.0. The molecule has 34 heavy (non-hydrogen) atoms. The summed E-state index contributed by atoms with van der Waals surface area (Å²) in [7, 11) is 5.33. The summed E-state index contributed by atoms with van der Waals surface area (Å²) in [6, 6.07) is 11.1. The molecule has 1 saturated heterocycles. The van der Waals surface area contributed by atoms with Crippen LogP contribution in [0.3, 0.4) is 0 Å². The summed E-state index contributed by atoms with van der Waals surface area (Å²) in [6.07, 6.45) is 1.92. The molecule has 182 valence electrons. The Morgan fingerprint density at radius 3 is 2.44 bits per heavy atom. The fourth-order valence-corrected chi connectivity index (χ4v) is 3.95. The monoisotopic (exact) mass is 486 g/mol. The number of nitrogens with zero attached hydrogens (tertiary/aromatic N) is 2. The third-order valence-electron chi connectivity index (χ3n) is 5.70.